The molecule has 3 rings (SSSR count). The zero-order valence-electron chi connectivity index (χ0n) is 13.8. The first-order valence-electron chi connectivity index (χ1n) is 7.73. The van der Waals surface area contributed by atoms with Crippen LogP contribution in [0.5, 0.6) is 0 Å². The van der Waals surface area contributed by atoms with Gasteiger partial charge in [0, 0.05) is 15.7 Å². The van der Waals surface area contributed by atoms with E-state index in [-0.39, 0.29) is 22.9 Å². The minimum Gasteiger partial charge on any atom is -0.325 e. The van der Waals surface area contributed by atoms with Crippen molar-refractivity contribution in [3.8, 4) is 11.3 Å². The lowest BCUT2D eigenvalue weighted by atomic mass is 10.1. The summed E-state index contributed by atoms with van der Waals surface area (Å²) in [5.74, 6) is -0.0764. The van der Waals surface area contributed by atoms with E-state index in [1.807, 2.05) is 43.3 Å². The van der Waals surface area contributed by atoms with E-state index in [0.717, 1.165) is 21.8 Å². The highest BCUT2D eigenvalue weighted by atomic mass is 79.9. The number of halogens is 1. The number of thioether (sulfide) groups is 1. The molecular formula is C18H15BrN4O2S. The zero-order valence-corrected chi connectivity index (χ0v) is 16.2. The fourth-order valence-electron chi connectivity index (χ4n) is 2.15. The minimum atomic E-state index is -0.334. The van der Waals surface area contributed by atoms with Gasteiger partial charge in [-0.15, -0.1) is 10.2 Å². The summed E-state index contributed by atoms with van der Waals surface area (Å²) < 4.78 is 0.936. The maximum Gasteiger partial charge on any atom is 0.278 e. The molecule has 2 aromatic carbocycles. The van der Waals surface area contributed by atoms with Gasteiger partial charge in [-0.05, 0) is 31.2 Å². The number of aromatic nitrogens is 3. The number of aryl methyl sites for hydroxylation is 1. The van der Waals surface area contributed by atoms with Crippen LogP contribution in [0.1, 0.15) is 5.56 Å². The van der Waals surface area contributed by atoms with E-state index in [1.165, 1.54) is 0 Å². The van der Waals surface area contributed by atoms with Crippen LogP contribution >= 0.6 is 27.7 Å². The van der Waals surface area contributed by atoms with Gasteiger partial charge in [-0.25, -0.2) is 0 Å². The first-order valence-corrected chi connectivity index (χ1v) is 9.51. The summed E-state index contributed by atoms with van der Waals surface area (Å²) in [6.07, 6.45) is 0. The summed E-state index contributed by atoms with van der Waals surface area (Å²) in [4.78, 5) is 26.9. The fraction of sp³-hybridized carbons (Fsp3) is 0.111. The normalized spacial score (nSPS) is 10.5. The van der Waals surface area contributed by atoms with Crippen LogP contribution in [0.3, 0.4) is 0 Å². The minimum absolute atomic E-state index is 0.116. The molecule has 0 unspecified atom stereocenters. The number of benzene rings is 2. The highest BCUT2D eigenvalue weighted by molar-refractivity contribution is 9.10. The van der Waals surface area contributed by atoms with Crippen molar-refractivity contribution in [3.05, 3.63) is 68.9 Å². The third-order valence-electron chi connectivity index (χ3n) is 3.47. The van der Waals surface area contributed by atoms with E-state index in [1.54, 1.807) is 12.1 Å². The van der Waals surface area contributed by atoms with Gasteiger partial charge in [-0.3, -0.25) is 14.6 Å². The number of aromatic amines is 1. The van der Waals surface area contributed by atoms with Gasteiger partial charge in [0.05, 0.1) is 5.75 Å². The monoisotopic (exact) mass is 430 g/mol. The number of hydrogen-bond acceptors (Lipinski definition) is 5. The largest absolute Gasteiger partial charge is 0.325 e. The van der Waals surface area contributed by atoms with Crippen LogP contribution in [0, 0.1) is 6.92 Å². The summed E-state index contributed by atoms with van der Waals surface area (Å²) in [5.41, 5.74) is 2.43. The molecule has 6 nitrogen and oxygen atoms in total. The molecule has 1 heterocycles. The number of amides is 1. The van der Waals surface area contributed by atoms with Crippen LogP contribution in [-0.2, 0) is 4.79 Å². The molecule has 2 N–H and O–H groups in total. The molecule has 0 saturated carbocycles. The summed E-state index contributed by atoms with van der Waals surface area (Å²) in [6.45, 7) is 1.97. The van der Waals surface area contributed by atoms with E-state index in [4.69, 9.17) is 0 Å². The van der Waals surface area contributed by atoms with Gasteiger partial charge >= 0.3 is 0 Å². The molecule has 3 aromatic rings. The van der Waals surface area contributed by atoms with Crippen LogP contribution in [0.25, 0.3) is 11.3 Å². The number of H-pyrrole nitrogens is 1. The van der Waals surface area contributed by atoms with Crippen molar-refractivity contribution >= 4 is 39.3 Å². The fourth-order valence-corrected chi connectivity index (χ4v) is 3.02. The quantitative estimate of drug-likeness (QED) is 0.603. The lowest BCUT2D eigenvalue weighted by Gasteiger charge is -2.05. The molecule has 132 valence electrons. The van der Waals surface area contributed by atoms with Gasteiger partial charge < -0.3 is 5.32 Å². The Morgan fingerprint density at radius 3 is 2.46 bits per heavy atom. The highest BCUT2D eigenvalue weighted by Crippen LogP contribution is 2.17. The third kappa shape index (κ3) is 4.80. The van der Waals surface area contributed by atoms with Gasteiger partial charge in [0.15, 0.2) is 10.9 Å². The first kappa shape index (κ1) is 18.3. The molecular weight excluding hydrogens is 416 g/mol. The number of carbonyl (C=O) groups excluding carboxylic acids is 1. The molecule has 0 bridgehead atoms. The van der Waals surface area contributed by atoms with Crippen LogP contribution in [0.4, 0.5) is 5.69 Å². The van der Waals surface area contributed by atoms with Gasteiger partial charge in [0.1, 0.15) is 0 Å². The van der Waals surface area contributed by atoms with Gasteiger partial charge in [0.25, 0.3) is 5.56 Å². The number of rotatable bonds is 5. The predicted molar refractivity (Wildman–Crippen MR) is 106 cm³/mol. The average Bonchev–Trinajstić information content (AvgIpc) is 2.63. The Morgan fingerprint density at radius 2 is 1.81 bits per heavy atom. The van der Waals surface area contributed by atoms with Crippen LogP contribution in [0.15, 0.2) is 63.0 Å². The Morgan fingerprint density at radius 1 is 1.12 bits per heavy atom. The Balaban J connectivity index is 1.62. The van der Waals surface area contributed by atoms with E-state index in [9.17, 15) is 9.59 Å². The first-order chi connectivity index (χ1) is 12.5. The molecule has 0 aliphatic carbocycles. The SMILES string of the molecule is Cc1ccc(-c2nnc(SCC(=O)Nc3ccc(Br)cc3)[nH]c2=O)cc1. The van der Waals surface area contributed by atoms with Crippen molar-refractivity contribution in [2.45, 2.75) is 12.1 Å². The molecule has 0 fully saturated rings. The molecule has 0 aliphatic rings. The number of carbonyl (C=O) groups is 1. The van der Waals surface area contributed by atoms with Gasteiger partial charge in [-0.1, -0.05) is 57.5 Å². The topological polar surface area (TPSA) is 87.7 Å². The lowest BCUT2D eigenvalue weighted by molar-refractivity contribution is -0.113. The number of hydrogen-bond donors (Lipinski definition) is 2. The average molecular weight is 431 g/mol. The second kappa shape index (κ2) is 8.29. The van der Waals surface area contributed by atoms with E-state index in [2.05, 4.69) is 36.4 Å². The molecule has 0 spiro atoms. The van der Waals surface area contributed by atoms with Crippen molar-refractivity contribution in [3.63, 3.8) is 0 Å². The maximum absolute atomic E-state index is 12.2. The summed E-state index contributed by atoms with van der Waals surface area (Å²) in [7, 11) is 0. The van der Waals surface area contributed by atoms with Crippen molar-refractivity contribution < 1.29 is 4.79 Å². The highest BCUT2D eigenvalue weighted by Gasteiger charge is 2.10. The van der Waals surface area contributed by atoms with Crippen molar-refractivity contribution in [1.82, 2.24) is 15.2 Å². The molecule has 0 atom stereocenters. The lowest BCUT2D eigenvalue weighted by Crippen LogP contribution is -2.17. The maximum atomic E-state index is 12.2. The molecule has 1 amide bonds. The molecule has 0 saturated heterocycles. The Labute approximate surface area is 162 Å². The summed E-state index contributed by atoms with van der Waals surface area (Å²) in [5, 5.41) is 11.1. The molecule has 0 aliphatic heterocycles. The molecule has 0 radical (unpaired) electrons. The zero-order chi connectivity index (χ0) is 18.5. The second-order valence-electron chi connectivity index (χ2n) is 5.52. The van der Waals surface area contributed by atoms with Crippen molar-refractivity contribution in [2.24, 2.45) is 0 Å². The molecule has 1 aromatic heterocycles. The van der Waals surface area contributed by atoms with E-state index >= 15 is 0 Å². The predicted octanol–water partition coefficient (Wildman–Crippen LogP) is 3.63. The van der Waals surface area contributed by atoms with Crippen LogP contribution < -0.4 is 10.9 Å². The number of nitrogens with zero attached hydrogens (tertiary/aromatic N) is 2. The van der Waals surface area contributed by atoms with Crippen LogP contribution in [-0.4, -0.2) is 26.8 Å². The smallest absolute Gasteiger partial charge is 0.278 e. The summed E-state index contributed by atoms with van der Waals surface area (Å²) in [6, 6.07) is 14.7. The molecule has 8 heteroatoms. The standard InChI is InChI=1S/C18H15BrN4O2S/c1-11-2-4-12(5-3-11)16-17(25)21-18(23-22-16)26-10-15(24)20-14-8-6-13(19)7-9-14/h2-9H,10H2,1H3,(H,20,24)(H,21,23,25). The van der Waals surface area contributed by atoms with Gasteiger partial charge in [0.2, 0.25) is 5.91 Å². The molecule has 26 heavy (non-hydrogen) atoms. The number of anilines is 1. The Kier molecular flexibility index (Phi) is 5.85. The van der Waals surface area contributed by atoms with E-state index in [0.29, 0.717) is 16.4 Å². The van der Waals surface area contributed by atoms with Gasteiger partial charge in [-0.2, -0.15) is 0 Å². The van der Waals surface area contributed by atoms with Crippen molar-refractivity contribution in [1.29, 1.82) is 0 Å². The third-order valence-corrected chi connectivity index (χ3v) is 4.86. The summed E-state index contributed by atoms with van der Waals surface area (Å²) >= 11 is 4.46. The Bertz CT molecular complexity index is 972. The second-order valence-corrected chi connectivity index (χ2v) is 7.40. The van der Waals surface area contributed by atoms with E-state index < -0.39 is 0 Å². The van der Waals surface area contributed by atoms with Crippen molar-refractivity contribution in [2.75, 3.05) is 11.1 Å². The number of nitrogens with one attached hydrogen (secondary N) is 2. The van der Waals surface area contributed by atoms with Crippen LogP contribution in [0.2, 0.25) is 0 Å². The Hall–Kier alpha value is -2.45.